The third-order valence-electron chi connectivity index (χ3n) is 2.27. The Morgan fingerprint density at radius 2 is 1.89 bits per heavy atom. The number of halogens is 4. The van der Waals surface area contributed by atoms with Crippen LogP contribution < -0.4 is 5.56 Å². The maximum Gasteiger partial charge on any atom is 0.417 e. The van der Waals surface area contributed by atoms with Crippen LogP contribution in [-0.4, -0.2) is 15.1 Å². The van der Waals surface area contributed by atoms with Gasteiger partial charge in [0.15, 0.2) is 0 Å². The Hall–Kier alpha value is -2.38. The van der Waals surface area contributed by atoms with E-state index >= 15 is 0 Å². The summed E-state index contributed by atoms with van der Waals surface area (Å²) >= 11 is 0. The average molecular weight is 274 g/mol. The van der Waals surface area contributed by atoms with E-state index in [0.717, 1.165) is 12.1 Å². The van der Waals surface area contributed by atoms with E-state index in [1.807, 2.05) is 4.98 Å². The normalized spacial score (nSPS) is 11.6. The molecule has 1 heterocycles. The molecule has 0 spiro atoms. The number of aromatic nitrogens is 2. The fourth-order valence-corrected chi connectivity index (χ4v) is 1.53. The summed E-state index contributed by atoms with van der Waals surface area (Å²) in [5.41, 5.74) is -2.64. The number of nitrogens with zero attached hydrogens (tertiary/aromatic N) is 1. The van der Waals surface area contributed by atoms with E-state index in [-0.39, 0.29) is 0 Å². The summed E-state index contributed by atoms with van der Waals surface area (Å²) in [6, 6.07) is 2.63. The van der Waals surface area contributed by atoms with Gasteiger partial charge in [-0.1, -0.05) is 0 Å². The van der Waals surface area contributed by atoms with Crippen LogP contribution in [0.5, 0.6) is 5.88 Å². The molecule has 0 bridgehead atoms. The lowest BCUT2D eigenvalue weighted by atomic mass is 10.1. The zero-order chi connectivity index (χ0) is 14.2. The van der Waals surface area contributed by atoms with Gasteiger partial charge in [0.2, 0.25) is 5.88 Å². The lowest BCUT2D eigenvalue weighted by Crippen LogP contribution is -2.12. The number of nitrogens with one attached hydrogen (secondary N) is 1. The van der Waals surface area contributed by atoms with Crippen molar-refractivity contribution in [3.05, 3.63) is 46.0 Å². The molecule has 8 heteroatoms. The standard InChI is InChI=1S/C11H6F4N2O2/c12-5-1-2-6(7(3-5)11(13,14)15)10-16-8(18)4-9(19)17-10/h1-4H,(H2,16,17,18,19). The summed E-state index contributed by atoms with van der Waals surface area (Å²) in [5, 5.41) is 9.12. The fraction of sp³-hybridized carbons (Fsp3) is 0.0909. The van der Waals surface area contributed by atoms with Gasteiger partial charge in [-0.15, -0.1) is 0 Å². The van der Waals surface area contributed by atoms with E-state index < -0.39 is 40.4 Å². The Morgan fingerprint density at radius 1 is 1.21 bits per heavy atom. The molecular formula is C11H6F4N2O2. The minimum absolute atomic E-state index is 0.291. The maximum atomic E-state index is 12.9. The van der Waals surface area contributed by atoms with E-state index in [9.17, 15) is 22.4 Å². The van der Waals surface area contributed by atoms with Gasteiger partial charge in [-0.2, -0.15) is 18.2 Å². The van der Waals surface area contributed by atoms with Crippen LogP contribution in [-0.2, 0) is 6.18 Å². The van der Waals surface area contributed by atoms with Crippen molar-refractivity contribution in [2.75, 3.05) is 0 Å². The average Bonchev–Trinajstić information content (AvgIpc) is 2.26. The van der Waals surface area contributed by atoms with Crippen molar-refractivity contribution < 1.29 is 22.7 Å². The highest BCUT2D eigenvalue weighted by Crippen LogP contribution is 2.36. The number of alkyl halides is 3. The lowest BCUT2D eigenvalue weighted by Gasteiger charge is -2.12. The van der Waals surface area contributed by atoms with Crippen molar-refractivity contribution in [2.24, 2.45) is 0 Å². The minimum atomic E-state index is -4.82. The molecule has 0 aliphatic rings. The van der Waals surface area contributed by atoms with Crippen molar-refractivity contribution in [2.45, 2.75) is 6.18 Å². The lowest BCUT2D eigenvalue weighted by molar-refractivity contribution is -0.137. The minimum Gasteiger partial charge on any atom is -0.493 e. The van der Waals surface area contributed by atoms with Crippen LogP contribution in [0.15, 0.2) is 29.1 Å². The highest BCUT2D eigenvalue weighted by Gasteiger charge is 2.34. The van der Waals surface area contributed by atoms with Gasteiger partial charge >= 0.3 is 6.18 Å². The Labute approximate surface area is 103 Å². The van der Waals surface area contributed by atoms with Gasteiger partial charge in [0.25, 0.3) is 5.56 Å². The molecule has 19 heavy (non-hydrogen) atoms. The van der Waals surface area contributed by atoms with E-state index in [2.05, 4.69) is 4.98 Å². The van der Waals surface area contributed by atoms with Gasteiger partial charge in [-0.05, 0) is 18.2 Å². The summed E-state index contributed by atoms with van der Waals surface area (Å²) in [5.74, 6) is -2.29. The Bertz CT molecular complexity index is 679. The molecule has 100 valence electrons. The number of H-pyrrole nitrogens is 1. The quantitative estimate of drug-likeness (QED) is 0.784. The highest BCUT2D eigenvalue weighted by atomic mass is 19.4. The summed E-state index contributed by atoms with van der Waals surface area (Å²) in [4.78, 5) is 16.5. The van der Waals surface area contributed by atoms with Crippen LogP contribution in [0.4, 0.5) is 17.6 Å². The van der Waals surface area contributed by atoms with Gasteiger partial charge in [0, 0.05) is 5.56 Å². The van der Waals surface area contributed by atoms with Crippen molar-refractivity contribution >= 4 is 0 Å². The van der Waals surface area contributed by atoms with E-state index in [1.165, 1.54) is 0 Å². The van der Waals surface area contributed by atoms with Gasteiger partial charge in [-0.25, -0.2) is 4.39 Å². The number of hydrogen-bond acceptors (Lipinski definition) is 3. The fourth-order valence-electron chi connectivity index (χ4n) is 1.53. The zero-order valence-corrected chi connectivity index (χ0v) is 9.12. The molecule has 0 aliphatic heterocycles. The van der Waals surface area contributed by atoms with Crippen LogP contribution in [0, 0.1) is 5.82 Å². The highest BCUT2D eigenvalue weighted by molar-refractivity contribution is 5.61. The predicted molar refractivity (Wildman–Crippen MR) is 56.9 cm³/mol. The van der Waals surface area contributed by atoms with Crippen molar-refractivity contribution in [1.29, 1.82) is 0 Å². The van der Waals surface area contributed by atoms with E-state index in [4.69, 9.17) is 5.11 Å². The van der Waals surface area contributed by atoms with Crippen molar-refractivity contribution in [3.8, 4) is 17.3 Å². The first-order valence-corrected chi connectivity index (χ1v) is 4.95. The second kappa shape index (κ2) is 4.38. The zero-order valence-electron chi connectivity index (χ0n) is 9.12. The van der Waals surface area contributed by atoms with Crippen LogP contribution in [0.3, 0.4) is 0 Å². The summed E-state index contributed by atoms with van der Waals surface area (Å²) in [6.07, 6.45) is -4.82. The van der Waals surface area contributed by atoms with Crippen LogP contribution in [0.25, 0.3) is 11.4 Å². The molecule has 0 radical (unpaired) electrons. The van der Waals surface area contributed by atoms with Crippen LogP contribution >= 0.6 is 0 Å². The maximum absolute atomic E-state index is 12.9. The molecule has 2 rings (SSSR count). The van der Waals surface area contributed by atoms with E-state index in [0.29, 0.717) is 12.1 Å². The number of hydrogen-bond donors (Lipinski definition) is 2. The molecule has 4 nitrogen and oxygen atoms in total. The molecule has 1 aromatic carbocycles. The Balaban J connectivity index is 2.72. The number of aromatic amines is 1. The molecule has 0 unspecified atom stereocenters. The predicted octanol–water partition coefficient (Wildman–Crippen LogP) is 2.30. The van der Waals surface area contributed by atoms with Gasteiger partial charge < -0.3 is 10.1 Å². The number of aromatic hydroxyl groups is 1. The Morgan fingerprint density at radius 3 is 2.47 bits per heavy atom. The smallest absolute Gasteiger partial charge is 0.417 e. The second-order valence-electron chi connectivity index (χ2n) is 3.64. The molecule has 0 atom stereocenters. The largest absolute Gasteiger partial charge is 0.493 e. The monoisotopic (exact) mass is 274 g/mol. The summed E-state index contributed by atoms with van der Waals surface area (Å²) in [7, 11) is 0. The first-order chi connectivity index (χ1) is 8.77. The van der Waals surface area contributed by atoms with Crippen LogP contribution in [0.2, 0.25) is 0 Å². The summed E-state index contributed by atoms with van der Waals surface area (Å²) < 4.78 is 51.2. The number of rotatable bonds is 1. The molecule has 0 aliphatic carbocycles. The topological polar surface area (TPSA) is 66.0 Å². The molecular weight excluding hydrogens is 268 g/mol. The molecule has 0 saturated heterocycles. The molecule has 2 aromatic rings. The third kappa shape index (κ3) is 2.72. The van der Waals surface area contributed by atoms with Crippen molar-refractivity contribution in [1.82, 2.24) is 9.97 Å². The number of benzene rings is 1. The molecule has 0 amide bonds. The van der Waals surface area contributed by atoms with Gasteiger partial charge in [0.1, 0.15) is 11.6 Å². The second-order valence-corrected chi connectivity index (χ2v) is 3.64. The molecule has 1 aromatic heterocycles. The molecule has 0 fully saturated rings. The van der Waals surface area contributed by atoms with Gasteiger partial charge in [0.05, 0.1) is 11.6 Å². The first kappa shape index (κ1) is 13.1. The SMILES string of the molecule is O=c1cc(O)nc(-c2ccc(F)cc2C(F)(F)F)[nH]1. The van der Waals surface area contributed by atoms with Crippen LogP contribution in [0.1, 0.15) is 5.56 Å². The molecule has 0 saturated carbocycles. The Kier molecular flexibility index (Phi) is 3.01. The van der Waals surface area contributed by atoms with Crippen molar-refractivity contribution in [3.63, 3.8) is 0 Å². The third-order valence-corrected chi connectivity index (χ3v) is 2.27. The summed E-state index contributed by atoms with van der Waals surface area (Å²) in [6.45, 7) is 0. The first-order valence-electron chi connectivity index (χ1n) is 4.95. The molecule has 2 N–H and O–H groups in total. The van der Waals surface area contributed by atoms with E-state index in [1.54, 1.807) is 0 Å². The van der Waals surface area contributed by atoms with Gasteiger partial charge in [-0.3, -0.25) is 4.79 Å².